The Bertz CT molecular complexity index is 676. The van der Waals surface area contributed by atoms with Gasteiger partial charge in [-0.25, -0.2) is 0 Å². The van der Waals surface area contributed by atoms with Crippen LogP contribution >= 0.6 is 0 Å². The molecule has 3 heterocycles. The van der Waals surface area contributed by atoms with Crippen molar-refractivity contribution in [3.05, 3.63) is 29.1 Å². The van der Waals surface area contributed by atoms with E-state index in [0.717, 1.165) is 24.2 Å². The zero-order valence-electron chi connectivity index (χ0n) is 14.2. The molecule has 0 bridgehead atoms. The van der Waals surface area contributed by atoms with Gasteiger partial charge < -0.3 is 9.80 Å². The molecule has 2 atom stereocenters. The van der Waals surface area contributed by atoms with Crippen molar-refractivity contribution in [3.63, 3.8) is 0 Å². The highest BCUT2D eigenvalue weighted by atomic mass is 16.2. The molecule has 6 heteroatoms. The highest BCUT2D eigenvalue weighted by molar-refractivity contribution is 5.90. The highest BCUT2D eigenvalue weighted by Gasteiger charge is 2.45. The van der Waals surface area contributed by atoms with E-state index in [1.807, 2.05) is 25.8 Å². The zero-order chi connectivity index (χ0) is 16.7. The van der Waals surface area contributed by atoms with Crippen LogP contribution in [0.25, 0.3) is 0 Å². The SMILES string of the molecule is CC1=CCCN(C(=O)[C@H]2CC(=O)N(C)[C@@H]2c2cnn(C)c2C)C1. The summed E-state index contributed by atoms with van der Waals surface area (Å²) in [7, 11) is 3.67. The van der Waals surface area contributed by atoms with Crippen LogP contribution in [0.2, 0.25) is 0 Å². The van der Waals surface area contributed by atoms with E-state index in [0.29, 0.717) is 6.54 Å². The number of carbonyl (C=O) groups is 2. The van der Waals surface area contributed by atoms with E-state index in [1.54, 1.807) is 22.8 Å². The van der Waals surface area contributed by atoms with Crippen molar-refractivity contribution < 1.29 is 9.59 Å². The van der Waals surface area contributed by atoms with Crippen LogP contribution in [0.1, 0.15) is 37.1 Å². The lowest BCUT2D eigenvalue weighted by Crippen LogP contribution is -2.41. The summed E-state index contributed by atoms with van der Waals surface area (Å²) < 4.78 is 1.79. The summed E-state index contributed by atoms with van der Waals surface area (Å²) in [6, 6.07) is -0.213. The van der Waals surface area contributed by atoms with Crippen LogP contribution in [0.3, 0.4) is 0 Å². The van der Waals surface area contributed by atoms with E-state index >= 15 is 0 Å². The predicted octanol–water partition coefficient (Wildman–Crippen LogP) is 1.43. The number of amides is 2. The molecule has 0 radical (unpaired) electrons. The maximum Gasteiger partial charge on any atom is 0.228 e. The van der Waals surface area contributed by atoms with Gasteiger partial charge in [0, 0.05) is 44.9 Å². The fraction of sp³-hybridized carbons (Fsp3) is 0.588. The van der Waals surface area contributed by atoms with Crippen molar-refractivity contribution in [2.45, 2.75) is 32.7 Å². The van der Waals surface area contributed by atoms with Crippen LogP contribution in [0.4, 0.5) is 0 Å². The van der Waals surface area contributed by atoms with E-state index in [-0.39, 0.29) is 30.2 Å². The Labute approximate surface area is 136 Å². The van der Waals surface area contributed by atoms with Gasteiger partial charge in [0.15, 0.2) is 0 Å². The maximum atomic E-state index is 13.0. The second kappa shape index (κ2) is 5.83. The molecular weight excluding hydrogens is 292 g/mol. The van der Waals surface area contributed by atoms with Crippen LogP contribution in [0.15, 0.2) is 17.8 Å². The smallest absolute Gasteiger partial charge is 0.228 e. The molecule has 0 aromatic carbocycles. The molecule has 2 aliphatic rings. The summed E-state index contributed by atoms with van der Waals surface area (Å²) in [6.07, 6.45) is 5.15. The van der Waals surface area contributed by atoms with E-state index in [1.165, 1.54) is 5.57 Å². The average molecular weight is 316 g/mol. The lowest BCUT2D eigenvalue weighted by molar-refractivity contribution is -0.136. The number of hydrogen-bond acceptors (Lipinski definition) is 3. The Morgan fingerprint density at radius 2 is 2.04 bits per heavy atom. The molecule has 0 N–H and O–H groups in total. The number of likely N-dealkylation sites (tertiary alicyclic amines) is 1. The zero-order valence-corrected chi connectivity index (χ0v) is 14.2. The normalized spacial score (nSPS) is 25.0. The van der Waals surface area contributed by atoms with Crippen molar-refractivity contribution >= 4 is 11.8 Å². The number of nitrogens with zero attached hydrogens (tertiary/aromatic N) is 4. The third-order valence-corrected chi connectivity index (χ3v) is 5.14. The van der Waals surface area contributed by atoms with Crippen LogP contribution in [0, 0.1) is 12.8 Å². The second-order valence-corrected chi connectivity index (χ2v) is 6.67. The fourth-order valence-electron chi connectivity index (χ4n) is 3.66. The predicted molar refractivity (Wildman–Crippen MR) is 86.5 cm³/mol. The van der Waals surface area contributed by atoms with Gasteiger partial charge in [-0.15, -0.1) is 0 Å². The summed E-state index contributed by atoms with van der Waals surface area (Å²) in [5.74, 6) is -0.203. The van der Waals surface area contributed by atoms with E-state index < -0.39 is 0 Å². The first-order valence-electron chi connectivity index (χ1n) is 8.08. The summed E-state index contributed by atoms with van der Waals surface area (Å²) >= 11 is 0. The van der Waals surface area contributed by atoms with Crippen LogP contribution in [-0.2, 0) is 16.6 Å². The van der Waals surface area contributed by atoms with Gasteiger partial charge in [0.05, 0.1) is 18.2 Å². The van der Waals surface area contributed by atoms with E-state index in [9.17, 15) is 9.59 Å². The lowest BCUT2D eigenvalue weighted by Gasteiger charge is -2.31. The number of carbonyl (C=O) groups excluding carboxylic acids is 2. The van der Waals surface area contributed by atoms with Gasteiger partial charge in [-0.1, -0.05) is 11.6 Å². The van der Waals surface area contributed by atoms with Gasteiger partial charge in [-0.05, 0) is 20.3 Å². The molecule has 0 saturated carbocycles. The van der Waals surface area contributed by atoms with Gasteiger partial charge in [0.2, 0.25) is 11.8 Å². The monoisotopic (exact) mass is 316 g/mol. The van der Waals surface area contributed by atoms with Gasteiger partial charge in [-0.2, -0.15) is 5.10 Å². The van der Waals surface area contributed by atoms with Crippen molar-refractivity contribution in [3.8, 4) is 0 Å². The van der Waals surface area contributed by atoms with E-state index in [4.69, 9.17) is 0 Å². The third kappa shape index (κ3) is 2.66. The summed E-state index contributed by atoms with van der Waals surface area (Å²) in [4.78, 5) is 28.9. The molecule has 124 valence electrons. The van der Waals surface area contributed by atoms with Crippen molar-refractivity contribution in [1.29, 1.82) is 0 Å². The first-order valence-corrected chi connectivity index (χ1v) is 8.08. The Hall–Kier alpha value is -2.11. The Morgan fingerprint density at radius 3 is 2.65 bits per heavy atom. The molecule has 0 unspecified atom stereocenters. The first kappa shape index (κ1) is 15.8. The summed E-state index contributed by atoms with van der Waals surface area (Å²) in [6.45, 7) is 5.44. The quantitative estimate of drug-likeness (QED) is 0.776. The minimum Gasteiger partial charge on any atom is -0.338 e. The fourth-order valence-corrected chi connectivity index (χ4v) is 3.66. The maximum absolute atomic E-state index is 13.0. The third-order valence-electron chi connectivity index (χ3n) is 5.14. The van der Waals surface area contributed by atoms with Crippen molar-refractivity contribution in [2.24, 2.45) is 13.0 Å². The molecule has 1 aromatic heterocycles. The number of aryl methyl sites for hydroxylation is 1. The van der Waals surface area contributed by atoms with E-state index in [2.05, 4.69) is 11.2 Å². The Balaban J connectivity index is 1.90. The standard InChI is InChI=1S/C17H24N4O2/c1-11-6-5-7-21(10-11)17(23)13-8-15(22)19(3)16(13)14-9-18-20(4)12(14)2/h6,9,13,16H,5,7-8,10H2,1-4H3/t13-,16-/m0/s1. The molecule has 3 rings (SSSR count). The average Bonchev–Trinajstić information content (AvgIpc) is 3.00. The molecule has 1 saturated heterocycles. The van der Waals surface area contributed by atoms with Crippen LogP contribution < -0.4 is 0 Å². The molecule has 6 nitrogen and oxygen atoms in total. The summed E-state index contributed by atoms with van der Waals surface area (Å²) in [5, 5.41) is 4.28. The van der Waals surface area contributed by atoms with Crippen molar-refractivity contribution in [2.75, 3.05) is 20.1 Å². The van der Waals surface area contributed by atoms with Gasteiger partial charge >= 0.3 is 0 Å². The lowest BCUT2D eigenvalue weighted by atomic mass is 9.92. The van der Waals surface area contributed by atoms with Gasteiger partial charge in [0.1, 0.15) is 0 Å². The molecule has 2 amide bonds. The van der Waals surface area contributed by atoms with Crippen LogP contribution in [-0.4, -0.2) is 51.5 Å². The second-order valence-electron chi connectivity index (χ2n) is 6.67. The Morgan fingerprint density at radius 1 is 1.30 bits per heavy atom. The van der Waals surface area contributed by atoms with Crippen LogP contribution in [0.5, 0.6) is 0 Å². The Kier molecular flexibility index (Phi) is 4.00. The molecule has 1 fully saturated rings. The summed E-state index contributed by atoms with van der Waals surface area (Å²) in [5.41, 5.74) is 3.20. The molecule has 2 aliphatic heterocycles. The number of aromatic nitrogens is 2. The molecule has 1 aromatic rings. The van der Waals surface area contributed by atoms with Crippen molar-refractivity contribution in [1.82, 2.24) is 19.6 Å². The largest absolute Gasteiger partial charge is 0.338 e. The topological polar surface area (TPSA) is 58.4 Å². The molecular formula is C17H24N4O2. The molecule has 0 spiro atoms. The van der Waals surface area contributed by atoms with Gasteiger partial charge in [-0.3, -0.25) is 14.3 Å². The number of rotatable bonds is 2. The van der Waals surface area contributed by atoms with Gasteiger partial charge in [0.25, 0.3) is 0 Å². The molecule has 23 heavy (non-hydrogen) atoms. The number of hydrogen-bond donors (Lipinski definition) is 0. The molecule has 0 aliphatic carbocycles. The highest BCUT2D eigenvalue weighted by Crippen LogP contribution is 2.39. The first-order chi connectivity index (χ1) is 10.9. The minimum atomic E-state index is -0.318. The minimum absolute atomic E-state index is 0.0286.